The third-order valence-corrected chi connectivity index (χ3v) is 7.11. The van der Waals surface area contributed by atoms with Gasteiger partial charge in [-0.2, -0.15) is 5.26 Å². The van der Waals surface area contributed by atoms with E-state index in [0.29, 0.717) is 11.5 Å². The third-order valence-electron chi connectivity index (χ3n) is 7.11. The molecule has 0 aliphatic carbocycles. The van der Waals surface area contributed by atoms with Gasteiger partial charge >= 0.3 is 0 Å². The lowest BCUT2D eigenvalue weighted by Crippen LogP contribution is -2.36. The van der Waals surface area contributed by atoms with Crippen LogP contribution in [-0.2, 0) is 13.0 Å². The largest absolute Gasteiger partial charge is 0.357 e. The number of hydrogen-bond donors (Lipinski definition) is 0. The molecule has 1 saturated heterocycles. The van der Waals surface area contributed by atoms with E-state index in [0.717, 1.165) is 78.6 Å². The zero-order chi connectivity index (χ0) is 21.7. The number of pyridine rings is 1. The minimum atomic E-state index is 0.365. The number of para-hydroxylation sites is 2. The fourth-order valence-corrected chi connectivity index (χ4v) is 5.51. The molecular weight excluding hydrogens is 398 g/mol. The minimum Gasteiger partial charge on any atom is -0.357 e. The van der Waals surface area contributed by atoms with Crippen molar-refractivity contribution in [2.45, 2.75) is 57.9 Å². The first-order chi connectivity index (χ1) is 15.7. The van der Waals surface area contributed by atoms with Crippen molar-refractivity contribution >= 4 is 22.5 Å². The van der Waals surface area contributed by atoms with Gasteiger partial charge in [-0.1, -0.05) is 18.6 Å². The highest BCUT2D eigenvalue weighted by atomic mass is 15.3. The second-order valence-electron chi connectivity index (χ2n) is 9.15. The van der Waals surface area contributed by atoms with Crippen molar-refractivity contribution in [1.29, 1.82) is 5.26 Å². The summed E-state index contributed by atoms with van der Waals surface area (Å²) in [7, 11) is 0. The first-order valence-corrected chi connectivity index (χ1v) is 11.7. The molecule has 0 unspecified atom stereocenters. The highest BCUT2D eigenvalue weighted by Crippen LogP contribution is 2.34. The summed E-state index contributed by atoms with van der Waals surface area (Å²) < 4.78 is 4.57. The van der Waals surface area contributed by atoms with Crippen LogP contribution in [0.2, 0.25) is 0 Å². The molecule has 0 radical (unpaired) electrons. The molecule has 0 N–H and O–H groups in total. The molecule has 2 aliphatic heterocycles. The molecule has 0 bridgehead atoms. The van der Waals surface area contributed by atoms with Gasteiger partial charge in [0.05, 0.1) is 16.6 Å². The van der Waals surface area contributed by atoms with E-state index in [2.05, 4.69) is 42.3 Å². The minimum absolute atomic E-state index is 0.365. The molecule has 0 saturated carbocycles. The second-order valence-corrected chi connectivity index (χ2v) is 9.15. The highest BCUT2D eigenvalue weighted by Gasteiger charge is 2.29. The molecule has 1 atom stereocenters. The monoisotopic (exact) mass is 425 g/mol. The lowest BCUT2D eigenvalue weighted by Gasteiger charge is -2.34. The number of aromatic nitrogens is 5. The summed E-state index contributed by atoms with van der Waals surface area (Å²) in [5.41, 5.74) is 4.35. The standard InChI is InChI=1S/C25H27N7/c1-17-14-23(32-21-10-5-4-9-20(21)27-25(32)19(17)15-26)30-12-7-8-18(16-30)24-29-28-22-11-3-2-6-13-31(22)24/h4-5,9-10,14,18H,2-3,6-8,11-13,16H2,1H3/t18-/m0/s1. The number of imidazole rings is 1. The van der Waals surface area contributed by atoms with Crippen LogP contribution in [0.3, 0.4) is 0 Å². The zero-order valence-electron chi connectivity index (χ0n) is 18.5. The molecular formula is C25H27N7. The summed E-state index contributed by atoms with van der Waals surface area (Å²) in [5, 5.41) is 19.0. The Kier molecular flexibility index (Phi) is 4.60. The van der Waals surface area contributed by atoms with Gasteiger partial charge in [0.2, 0.25) is 0 Å². The molecule has 32 heavy (non-hydrogen) atoms. The van der Waals surface area contributed by atoms with Crippen LogP contribution in [0.1, 0.15) is 60.8 Å². The molecule has 7 heteroatoms. The van der Waals surface area contributed by atoms with Crippen molar-refractivity contribution in [2.24, 2.45) is 0 Å². The maximum absolute atomic E-state index is 9.81. The van der Waals surface area contributed by atoms with Crippen molar-refractivity contribution < 1.29 is 0 Å². The first-order valence-electron chi connectivity index (χ1n) is 11.7. The molecule has 0 amide bonds. The Balaban J connectivity index is 1.44. The molecule has 1 aromatic carbocycles. The van der Waals surface area contributed by atoms with Gasteiger partial charge in [-0.3, -0.25) is 4.40 Å². The summed E-state index contributed by atoms with van der Waals surface area (Å²) in [6, 6.07) is 12.7. The number of piperidine rings is 1. The van der Waals surface area contributed by atoms with Crippen molar-refractivity contribution in [3.63, 3.8) is 0 Å². The van der Waals surface area contributed by atoms with Crippen LogP contribution in [0.15, 0.2) is 30.3 Å². The van der Waals surface area contributed by atoms with Crippen LogP contribution in [-0.4, -0.2) is 37.2 Å². The average molecular weight is 426 g/mol. The van der Waals surface area contributed by atoms with Crippen molar-refractivity contribution in [1.82, 2.24) is 24.1 Å². The first kappa shape index (κ1) is 19.3. The van der Waals surface area contributed by atoms with E-state index >= 15 is 0 Å². The summed E-state index contributed by atoms with van der Waals surface area (Å²) in [4.78, 5) is 7.29. The molecule has 162 valence electrons. The van der Waals surface area contributed by atoms with Crippen molar-refractivity contribution in [2.75, 3.05) is 18.0 Å². The van der Waals surface area contributed by atoms with Crippen molar-refractivity contribution in [3.8, 4) is 6.07 Å². The van der Waals surface area contributed by atoms with Gasteiger partial charge in [0.15, 0.2) is 5.65 Å². The van der Waals surface area contributed by atoms with E-state index in [1.165, 1.54) is 19.3 Å². The van der Waals surface area contributed by atoms with Crippen LogP contribution in [0.5, 0.6) is 0 Å². The van der Waals surface area contributed by atoms with Gasteiger partial charge in [-0.05, 0) is 56.4 Å². The Morgan fingerprint density at radius 1 is 1.06 bits per heavy atom. The fourth-order valence-electron chi connectivity index (χ4n) is 5.51. The van der Waals surface area contributed by atoms with E-state index in [4.69, 9.17) is 4.98 Å². The number of fused-ring (bicyclic) bond motifs is 4. The normalized spacial score (nSPS) is 19.1. The molecule has 1 fully saturated rings. The smallest absolute Gasteiger partial charge is 0.157 e. The van der Waals surface area contributed by atoms with Gasteiger partial charge in [0.1, 0.15) is 23.5 Å². The number of nitriles is 1. The summed E-state index contributed by atoms with van der Waals surface area (Å²) in [6.07, 6.45) is 6.99. The van der Waals surface area contributed by atoms with E-state index in [9.17, 15) is 5.26 Å². The predicted octanol–water partition coefficient (Wildman–Crippen LogP) is 4.37. The van der Waals surface area contributed by atoms with Crippen LogP contribution < -0.4 is 4.90 Å². The summed E-state index contributed by atoms with van der Waals surface area (Å²) in [5.74, 6) is 3.80. The molecule has 4 aromatic rings. The lowest BCUT2D eigenvalue weighted by molar-refractivity contribution is 0.463. The van der Waals surface area contributed by atoms with Crippen molar-refractivity contribution in [3.05, 3.63) is 53.1 Å². The van der Waals surface area contributed by atoms with E-state index < -0.39 is 0 Å². The fraction of sp³-hybridized carbons (Fsp3) is 0.440. The Morgan fingerprint density at radius 3 is 2.88 bits per heavy atom. The molecule has 6 rings (SSSR count). The van der Waals surface area contributed by atoms with Gasteiger partial charge in [-0.15, -0.1) is 10.2 Å². The Morgan fingerprint density at radius 2 is 1.97 bits per heavy atom. The maximum atomic E-state index is 9.81. The molecule has 3 aromatic heterocycles. The lowest BCUT2D eigenvalue weighted by atomic mass is 9.96. The zero-order valence-corrected chi connectivity index (χ0v) is 18.5. The number of aryl methyl sites for hydroxylation is 2. The number of rotatable bonds is 2. The Hall–Kier alpha value is -3.40. The van der Waals surface area contributed by atoms with Gasteiger partial charge in [-0.25, -0.2) is 4.98 Å². The van der Waals surface area contributed by atoms with Crippen LogP contribution in [0, 0.1) is 18.3 Å². The topological polar surface area (TPSA) is 75.0 Å². The van der Waals surface area contributed by atoms with Gasteiger partial charge in [0.25, 0.3) is 0 Å². The number of hydrogen-bond acceptors (Lipinski definition) is 5. The molecule has 5 heterocycles. The second kappa shape index (κ2) is 7.63. The predicted molar refractivity (Wildman–Crippen MR) is 124 cm³/mol. The van der Waals surface area contributed by atoms with Crippen LogP contribution >= 0.6 is 0 Å². The summed E-state index contributed by atoms with van der Waals surface area (Å²) >= 11 is 0. The van der Waals surface area contributed by atoms with E-state index in [1.807, 2.05) is 25.1 Å². The van der Waals surface area contributed by atoms with Gasteiger partial charge in [0, 0.05) is 32.0 Å². The van der Waals surface area contributed by atoms with Crippen LogP contribution in [0.4, 0.5) is 5.82 Å². The Bertz CT molecular complexity index is 1360. The quantitative estimate of drug-likeness (QED) is 0.477. The maximum Gasteiger partial charge on any atom is 0.157 e. The van der Waals surface area contributed by atoms with E-state index in [-0.39, 0.29) is 0 Å². The average Bonchev–Trinajstić information content (AvgIpc) is 3.32. The Labute approximate surface area is 187 Å². The summed E-state index contributed by atoms with van der Waals surface area (Å²) in [6.45, 7) is 4.96. The van der Waals surface area contributed by atoms with Crippen LogP contribution in [0.25, 0.3) is 16.7 Å². The number of benzene rings is 1. The van der Waals surface area contributed by atoms with Gasteiger partial charge < -0.3 is 9.47 Å². The molecule has 2 aliphatic rings. The molecule has 7 nitrogen and oxygen atoms in total. The van der Waals surface area contributed by atoms with E-state index in [1.54, 1.807) is 0 Å². The number of anilines is 1. The molecule has 0 spiro atoms. The number of nitrogens with zero attached hydrogens (tertiary/aromatic N) is 7. The highest BCUT2D eigenvalue weighted by molar-refractivity contribution is 5.85. The SMILES string of the molecule is Cc1cc(N2CCC[C@H](c3nnc4n3CCCCC4)C2)n2c(nc3ccccc32)c1C#N. The third kappa shape index (κ3) is 2.97.